The molecule has 1 atom stereocenters. The first-order chi connectivity index (χ1) is 8.31. The zero-order valence-electron chi connectivity index (χ0n) is 9.56. The average molecular weight is 268 g/mol. The summed E-state index contributed by atoms with van der Waals surface area (Å²) in [5.74, 6) is 0. The Labute approximate surface area is 110 Å². The summed E-state index contributed by atoms with van der Waals surface area (Å²) in [7, 11) is 0. The molecule has 2 heterocycles. The molecule has 0 saturated heterocycles. The van der Waals surface area contributed by atoms with Crippen LogP contribution in [0, 0.1) is 0 Å². The van der Waals surface area contributed by atoms with Gasteiger partial charge < -0.3 is 5.32 Å². The maximum atomic E-state index is 5.98. The largest absolute Gasteiger partial charge is 0.304 e. The predicted molar refractivity (Wildman–Crippen MR) is 71.5 cm³/mol. The van der Waals surface area contributed by atoms with Crippen molar-refractivity contribution < 1.29 is 0 Å². The number of hydrogen-bond donors (Lipinski definition) is 1. The smallest absolute Gasteiger partial charge is 0.0931 e. The van der Waals surface area contributed by atoms with Crippen LogP contribution < -0.4 is 5.32 Å². The van der Waals surface area contributed by atoms with Crippen molar-refractivity contribution in [3.8, 4) is 0 Å². The molecule has 0 amide bonds. The Hall–Kier alpha value is -0.970. The second-order valence-electron chi connectivity index (χ2n) is 3.66. The first kappa shape index (κ1) is 12.5. The molecule has 5 heteroatoms. The van der Waals surface area contributed by atoms with Gasteiger partial charge >= 0.3 is 0 Å². The number of thiophene rings is 1. The van der Waals surface area contributed by atoms with Gasteiger partial charge in [0.15, 0.2) is 0 Å². The third kappa shape index (κ3) is 3.25. The first-order valence-electron chi connectivity index (χ1n) is 5.55. The normalized spacial score (nSPS) is 12.6. The van der Waals surface area contributed by atoms with Gasteiger partial charge in [0.2, 0.25) is 0 Å². The maximum Gasteiger partial charge on any atom is 0.0931 e. The highest BCUT2D eigenvalue weighted by atomic mass is 35.5. The van der Waals surface area contributed by atoms with Crippen molar-refractivity contribution in [2.45, 2.75) is 19.4 Å². The number of nitrogens with one attached hydrogen (secondary N) is 1. The molecule has 0 aliphatic heterocycles. The summed E-state index contributed by atoms with van der Waals surface area (Å²) in [6.45, 7) is 3.08. The predicted octanol–water partition coefficient (Wildman–Crippen LogP) is 3.28. The van der Waals surface area contributed by atoms with Crippen molar-refractivity contribution in [1.29, 1.82) is 0 Å². The molecule has 2 rings (SSSR count). The van der Waals surface area contributed by atoms with Crippen LogP contribution in [0.4, 0.5) is 0 Å². The Morgan fingerprint density at radius 2 is 2.29 bits per heavy atom. The molecule has 1 unspecified atom stereocenters. The molecule has 0 radical (unpaired) electrons. The first-order valence-corrected chi connectivity index (χ1v) is 6.75. The summed E-state index contributed by atoms with van der Waals surface area (Å²) in [6, 6.07) is 4.04. The van der Waals surface area contributed by atoms with Gasteiger partial charge in [-0.15, -0.1) is 11.3 Å². The summed E-state index contributed by atoms with van der Waals surface area (Å²) < 4.78 is 0.798. The van der Waals surface area contributed by atoms with Gasteiger partial charge in [0.1, 0.15) is 0 Å². The quantitative estimate of drug-likeness (QED) is 0.903. The molecule has 0 aliphatic carbocycles. The number of nitrogens with zero attached hydrogens (tertiary/aromatic N) is 2. The van der Waals surface area contributed by atoms with E-state index in [2.05, 4.69) is 22.2 Å². The van der Waals surface area contributed by atoms with Crippen molar-refractivity contribution >= 4 is 22.9 Å². The van der Waals surface area contributed by atoms with Crippen molar-refractivity contribution in [1.82, 2.24) is 15.3 Å². The summed E-state index contributed by atoms with van der Waals surface area (Å²) in [6.07, 6.45) is 6.27. The minimum atomic E-state index is 0.0844. The third-order valence-electron chi connectivity index (χ3n) is 2.36. The fourth-order valence-corrected chi connectivity index (χ4v) is 2.73. The lowest BCUT2D eigenvalue weighted by molar-refractivity contribution is 0.591. The molecule has 0 bridgehead atoms. The van der Waals surface area contributed by atoms with E-state index in [4.69, 9.17) is 11.6 Å². The van der Waals surface area contributed by atoms with Gasteiger partial charge in [-0.3, -0.25) is 9.97 Å². The Morgan fingerprint density at radius 1 is 1.41 bits per heavy atom. The number of aromatic nitrogens is 2. The second-order valence-corrected chi connectivity index (χ2v) is 5.41. The summed E-state index contributed by atoms with van der Waals surface area (Å²) in [5, 5.41) is 3.46. The summed E-state index contributed by atoms with van der Waals surface area (Å²) in [5.41, 5.74) is 0.930. The van der Waals surface area contributed by atoms with Crippen LogP contribution in [0.3, 0.4) is 0 Å². The average Bonchev–Trinajstić information content (AvgIpc) is 2.78. The topological polar surface area (TPSA) is 37.8 Å². The zero-order valence-corrected chi connectivity index (χ0v) is 11.1. The summed E-state index contributed by atoms with van der Waals surface area (Å²) >= 11 is 7.56. The third-order valence-corrected chi connectivity index (χ3v) is 3.65. The lowest BCUT2D eigenvalue weighted by Gasteiger charge is -2.15. The number of rotatable bonds is 5. The monoisotopic (exact) mass is 267 g/mol. The van der Waals surface area contributed by atoms with Gasteiger partial charge in [0.05, 0.1) is 22.3 Å². The van der Waals surface area contributed by atoms with Crippen molar-refractivity contribution in [3.05, 3.63) is 45.6 Å². The van der Waals surface area contributed by atoms with E-state index >= 15 is 0 Å². The highest BCUT2D eigenvalue weighted by Gasteiger charge is 2.16. The van der Waals surface area contributed by atoms with Crippen LogP contribution in [0.5, 0.6) is 0 Å². The molecular formula is C12H14ClN3S. The highest BCUT2D eigenvalue weighted by Crippen LogP contribution is 2.29. The molecule has 0 aliphatic rings. The van der Waals surface area contributed by atoms with E-state index in [-0.39, 0.29) is 6.04 Å². The molecule has 1 N–H and O–H groups in total. The minimum absolute atomic E-state index is 0.0844. The van der Waals surface area contributed by atoms with Crippen LogP contribution in [-0.2, 0) is 0 Å². The van der Waals surface area contributed by atoms with E-state index in [9.17, 15) is 0 Å². The Bertz CT molecular complexity index is 458. The van der Waals surface area contributed by atoms with Gasteiger partial charge in [0, 0.05) is 17.3 Å². The lowest BCUT2D eigenvalue weighted by Crippen LogP contribution is -2.23. The number of hydrogen-bond acceptors (Lipinski definition) is 4. The Morgan fingerprint density at radius 3 is 2.88 bits per heavy atom. The Kier molecular flexibility index (Phi) is 4.48. The fraction of sp³-hybridized carbons (Fsp3) is 0.333. The van der Waals surface area contributed by atoms with E-state index in [0.717, 1.165) is 23.0 Å². The zero-order chi connectivity index (χ0) is 12.1. The van der Waals surface area contributed by atoms with E-state index < -0.39 is 0 Å². The Balaban J connectivity index is 2.25. The molecule has 0 saturated carbocycles. The van der Waals surface area contributed by atoms with E-state index in [1.54, 1.807) is 29.9 Å². The van der Waals surface area contributed by atoms with Gasteiger partial charge in [-0.1, -0.05) is 18.5 Å². The standard InChI is InChI=1S/C12H14ClN3S/c1-2-5-16-12(9-8-14-6-7-15-9)10-3-4-11(13)17-10/h3-4,6-8,12,16H,2,5H2,1H3. The minimum Gasteiger partial charge on any atom is -0.304 e. The highest BCUT2D eigenvalue weighted by molar-refractivity contribution is 7.16. The van der Waals surface area contributed by atoms with Gasteiger partial charge in [0.25, 0.3) is 0 Å². The molecule has 3 nitrogen and oxygen atoms in total. The molecule has 0 aromatic carbocycles. The van der Waals surface area contributed by atoms with Gasteiger partial charge in [-0.25, -0.2) is 0 Å². The maximum absolute atomic E-state index is 5.98. The van der Waals surface area contributed by atoms with E-state index in [1.807, 2.05) is 12.1 Å². The van der Waals surface area contributed by atoms with Crippen LogP contribution in [-0.4, -0.2) is 16.5 Å². The van der Waals surface area contributed by atoms with E-state index in [0.29, 0.717) is 0 Å². The van der Waals surface area contributed by atoms with E-state index in [1.165, 1.54) is 4.88 Å². The molecule has 0 fully saturated rings. The lowest BCUT2D eigenvalue weighted by atomic mass is 10.1. The van der Waals surface area contributed by atoms with Crippen molar-refractivity contribution in [3.63, 3.8) is 0 Å². The van der Waals surface area contributed by atoms with Crippen molar-refractivity contribution in [2.24, 2.45) is 0 Å². The molecule has 17 heavy (non-hydrogen) atoms. The van der Waals surface area contributed by atoms with Crippen LogP contribution in [0.15, 0.2) is 30.7 Å². The van der Waals surface area contributed by atoms with Crippen LogP contribution in [0.1, 0.15) is 30.0 Å². The van der Waals surface area contributed by atoms with Crippen LogP contribution >= 0.6 is 22.9 Å². The molecule has 2 aromatic heterocycles. The molecular weight excluding hydrogens is 254 g/mol. The molecule has 0 spiro atoms. The molecule has 90 valence electrons. The van der Waals surface area contributed by atoms with Gasteiger partial charge in [-0.05, 0) is 25.1 Å². The second kappa shape index (κ2) is 6.10. The van der Waals surface area contributed by atoms with Crippen molar-refractivity contribution in [2.75, 3.05) is 6.54 Å². The fourth-order valence-electron chi connectivity index (χ4n) is 1.58. The number of halogens is 1. The van der Waals surface area contributed by atoms with Gasteiger partial charge in [-0.2, -0.15) is 0 Å². The molecule has 2 aromatic rings. The summed E-state index contributed by atoms with van der Waals surface area (Å²) in [4.78, 5) is 9.64. The van der Waals surface area contributed by atoms with Crippen LogP contribution in [0.2, 0.25) is 4.34 Å². The van der Waals surface area contributed by atoms with Crippen LogP contribution in [0.25, 0.3) is 0 Å². The SMILES string of the molecule is CCCNC(c1cnccn1)c1ccc(Cl)s1.